The molecule has 1 aromatic carbocycles. The molecule has 1 fully saturated rings. The molecular weight excluding hydrogens is 312 g/mol. The first-order valence-electron chi connectivity index (χ1n) is 9.34. The van der Waals surface area contributed by atoms with E-state index in [0.29, 0.717) is 12.5 Å². The third-order valence-corrected chi connectivity index (χ3v) is 5.57. The van der Waals surface area contributed by atoms with Crippen molar-refractivity contribution in [2.24, 2.45) is 0 Å². The second-order valence-corrected chi connectivity index (χ2v) is 7.27. The normalized spacial score (nSPS) is 19.6. The second-order valence-electron chi connectivity index (χ2n) is 7.27. The van der Waals surface area contributed by atoms with Crippen LogP contribution in [-0.4, -0.2) is 41.1 Å². The molecule has 132 valence electrons. The molecule has 1 saturated heterocycles. The van der Waals surface area contributed by atoms with Gasteiger partial charge in [0, 0.05) is 24.8 Å². The zero-order valence-corrected chi connectivity index (χ0v) is 14.8. The van der Waals surface area contributed by atoms with Crippen LogP contribution < -0.4 is 5.32 Å². The van der Waals surface area contributed by atoms with Gasteiger partial charge in [0.15, 0.2) is 0 Å². The summed E-state index contributed by atoms with van der Waals surface area (Å²) in [7, 11) is 1.88. The highest BCUT2D eigenvalue weighted by Gasteiger charge is 2.25. The Kier molecular flexibility index (Phi) is 4.57. The molecule has 2 aliphatic rings. The third kappa shape index (κ3) is 3.21. The summed E-state index contributed by atoms with van der Waals surface area (Å²) in [5.74, 6) is 0.529. The van der Waals surface area contributed by atoms with Crippen molar-refractivity contribution in [1.82, 2.24) is 20.4 Å². The van der Waals surface area contributed by atoms with Crippen LogP contribution in [0.4, 0.5) is 0 Å². The van der Waals surface area contributed by atoms with Crippen LogP contribution in [0, 0.1) is 0 Å². The average Bonchev–Trinajstić information content (AvgIpc) is 3.32. The van der Waals surface area contributed by atoms with Gasteiger partial charge in [0.1, 0.15) is 0 Å². The first-order valence-corrected chi connectivity index (χ1v) is 9.34. The Bertz CT molecular complexity index is 761. The van der Waals surface area contributed by atoms with Gasteiger partial charge < -0.3 is 10.2 Å². The molecule has 1 aliphatic carbocycles. The van der Waals surface area contributed by atoms with Gasteiger partial charge in [-0.1, -0.05) is 18.2 Å². The molecular formula is C20H26N4O. The number of nitrogens with zero attached hydrogens (tertiary/aromatic N) is 2. The number of H-pyrrole nitrogens is 1. The summed E-state index contributed by atoms with van der Waals surface area (Å²) in [4.78, 5) is 14.9. The SMILES string of the molecule is CN(Cc1n[nH]c2c1CCCC2)C(=O)c1ccccc1[C@@H]1CCNC1. The van der Waals surface area contributed by atoms with Crippen molar-refractivity contribution in [2.45, 2.75) is 44.6 Å². The average molecular weight is 338 g/mol. The van der Waals surface area contributed by atoms with Crippen molar-refractivity contribution in [3.8, 4) is 0 Å². The summed E-state index contributed by atoms with van der Waals surface area (Å²) in [5.41, 5.74) is 5.64. The van der Waals surface area contributed by atoms with Crippen molar-refractivity contribution in [3.63, 3.8) is 0 Å². The summed E-state index contributed by atoms with van der Waals surface area (Å²) in [6.45, 7) is 2.56. The first-order chi connectivity index (χ1) is 12.2. The standard InChI is InChI=1S/C20H26N4O/c1-24(13-19-17-8-4-5-9-18(17)22-23-19)20(25)16-7-3-2-6-15(16)14-10-11-21-12-14/h2-3,6-7,14,21H,4-5,8-13H2,1H3,(H,22,23)/t14-/m1/s1. The number of carbonyl (C=O) groups excluding carboxylic acids is 1. The van der Waals surface area contributed by atoms with E-state index in [1.807, 2.05) is 30.1 Å². The maximum atomic E-state index is 13.1. The van der Waals surface area contributed by atoms with Crippen molar-refractivity contribution in [1.29, 1.82) is 0 Å². The van der Waals surface area contributed by atoms with E-state index in [-0.39, 0.29) is 5.91 Å². The highest BCUT2D eigenvalue weighted by atomic mass is 16.2. The number of rotatable bonds is 4. The Labute approximate surface area is 148 Å². The minimum absolute atomic E-state index is 0.0926. The quantitative estimate of drug-likeness (QED) is 0.901. The number of hydrogen-bond acceptors (Lipinski definition) is 3. The van der Waals surface area contributed by atoms with E-state index in [9.17, 15) is 4.79 Å². The van der Waals surface area contributed by atoms with Crippen molar-refractivity contribution in [3.05, 3.63) is 52.3 Å². The molecule has 5 heteroatoms. The lowest BCUT2D eigenvalue weighted by Gasteiger charge is -2.21. The molecule has 0 radical (unpaired) electrons. The van der Waals surface area contributed by atoms with Crippen LogP contribution in [0.15, 0.2) is 24.3 Å². The number of fused-ring (bicyclic) bond motifs is 1. The fourth-order valence-electron chi connectivity index (χ4n) is 4.15. The Morgan fingerprint density at radius 2 is 2.12 bits per heavy atom. The topological polar surface area (TPSA) is 61.0 Å². The van der Waals surface area contributed by atoms with E-state index in [2.05, 4.69) is 21.6 Å². The van der Waals surface area contributed by atoms with Crippen LogP contribution in [0.2, 0.25) is 0 Å². The smallest absolute Gasteiger partial charge is 0.254 e. The molecule has 0 saturated carbocycles. The first kappa shape index (κ1) is 16.3. The predicted molar refractivity (Wildman–Crippen MR) is 97.7 cm³/mol. The van der Waals surface area contributed by atoms with Crippen LogP contribution in [0.3, 0.4) is 0 Å². The number of benzene rings is 1. The van der Waals surface area contributed by atoms with Crippen molar-refractivity contribution in [2.75, 3.05) is 20.1 Å². The summed E-state index contributed by atoms with van der Waals surface area (Å²) in [5, 5.41) is 11.1. The lowest BCUT2D eigenvalue weighted by Crippen LogP contribution is -2.28. The van der Waals surface area contributed by atoms with Crippen LogP contribution in [0.1, 0.15) is 58.1 Å². The monoisotopic (exact) mass is 338 g/mol. The fraction of sp³-hybridized carbons (Fsp3) is 0.500. The molecule has 2 heterocycles. The number of hydrogen-bond donors (Lipinski definition) is 2. The number of aryl methyl sites for hydroxylation is 1. The zero-order valence-electron chi connectivity index (χ0n) is 14.8. The highest BCUT2D eigenvalue weighted by molar-refractivity contribution is 5.95. The van der Waals surface area contributed by atoms with E-state index in [4.69, 9.17) is 0 Å². The van der Waals surface area contributed by atoms with Gasteiger partial charge in [-0.15, -0.1) is 0 Å². The highest BCUT2D eigenvalue weighted by Crippen LogP contribution is 2.27. The number of nitrogens with one attached hydrogen (secondary N) is 2. The molecule has 1 aromatic heterocycles. The van der Waals surface area contributed by atoms with Gasteiger partial charge in [0.05, 0.1) is 12.2 Å². The largest absolute Gasteiger partial charge is 0.336 e. The third-order valence-electron chi connectivity index (χ3n) is 5.57. The summed E-state index contributed by atoms with van der Waals surface area (Å²) < 4.78 is 0. The van der Waals surface area contributed by atoms with Gasteiger partial charge in [-0.25, -0.2) is 0 Å². The van der Waals surface area contributed by atoms with Crippen molar-refractivity contribution >= 4 is 5.91 Å². The second kappa shape index (κ2) is 7.00. The summed E-state index contributed by atoms with van der Waals surface area (Å²) in [6, 6.07) is 8.07. The summed E-state index contributed by atoms with van der Waals surface area (Å²) >= 11 is 0. The number of carbonyl (C=O) groups is 1. The Morgan fingerprint density at radius 1 is 1.28 bits per heavy atom. The molecule has 25 heavy (non-hydrogen) atoms. The van der Waals surface area contributed by atoms with Gasteiger partial charge in [0.2, 0.25) is 0 Å². The molecule has 1 aliphatic heterocycles. The van der Waals surface area contributed by atoms with Crippen LogP contribution in [0.5, 0.6) is 0 Å². The molecule has 5 nitrogen and oxygen atoms in total. The number of amides is 1. The molecule has 0 spiro atoms. The lowest BCUT2D eigenvalue weighted by atomic mass is 9.92. The Hall–Kier alpha value is -2.14. The summed E-state index contributed by atoms with van der Waals surface area (Å²) in [6.07, 6.45) is 5.70. The number of aromatic nitrogens is 2. The molecule has 2 N–H and O–H groups in total. The maximum absolute atomic E-state index is 13.1. The Morgan fingerprint density at radius 3 is 2.96 bits per heavy atom. The van der Waals surface area contributed by atoms with Gasteiger partial charge in [-0.3, -0.25) is 9.89 Å². The van der Waals surface area contributed by atoms with Gasteiger partial charge in [0.25, 0.3) is 5.91 Å². The molecule has 2 aromatic rings. The van der Waals surface area contributed by atoms with E-state index in [1.54, 1.807) is 0 Å². The fourth-order valence-corrected chi connectivity index (χ4v) is 4.15. The minimum Gasteiger partial charge on any atom is -0.336 e. The van der Waals surface area contributed by atoms with E-state index in [1.165, 1.54) is 29.7 Å². The van der Waals surface area contributed by atoms with Gasteiger partial charge in [-0.05, 0) is 61.8 Å². The van der Waals surface area contributed by atoms with E-state index in [0.717, 1.165) is 43.6 Å². The maximum Gasteiger partial charge on any atom is 0.254 e. The van der Waals surface area contributed by atoms with Gasteiger partial charge in [-0.2, -0.15) is 5.10 Å². The van der Waals surface area contributed by atoms with E-state index < -0.39 is 0 Å². The van der Waals surface area contributed by atoms with Crippen LogP contribution >= 0.6 is 0 Å². The van der Waals surface area contributed by atoms with Crippen LogP contribution in [-0.2, 0) is 19.4 Å². The Balaban J connectivity index is 1.54. The van der Waals surface area contributed by atoms with Crippen molar-refractivity contribution < 1.29 is 4.79 Å². The molecule has 0 bridgehead atoms. The predicted octanol–water partition coefficient (Wildman–Crippen LogP) is 2.64. The van der Waals surface area contributed by atoms with Gasteiger partial charge >= 0.3 is 0 Å². The van der Waals surface area contributed by atoms with E-state index >= 15 is 0 Å². The molecule has 0 unspecified atom stereocenters. The minimum atomic E-state index is 0.0926. The molecule has 1 atom stereocenters. The number of aromatic amines is 1. The molecule has 1 amide bonds. The lowest BCUT2D eigenvalue weighted by molar-refractivity contribution is 0.0781. The molecule has 4 rings (SSSR count). The zero-order chi connectivity index (χ0) is 17.2. The van der Waals surface area contributed by atoms with Crippen LogP contribution in [0.25, 0.3) is 0 Å².